The lowest BCUT2D eigenvalue weighted by atomic mass is 10.1. The number of aromatic nitrogens is 2. The summed E-state index contributed by atoms with van der Waals surface area (Å²) in [6.07, 6.45) is -3.39. The maximum atomic E-state index is 12.6. The number of halogens is 3. The van der Waals surface area contributed by atoms with Gasteiger partial charge in [0.25, 0.3) is 5.91 Å². The minimum atomic E-state index is -4.55. The van der Waals surface area contributed by atoms with Crippen LogP contribution < -0.4 is 5.32 Å². The minimum absolute atomic E-state index is 0.00358. The van der Waals surface area contributed by atoms with Gasteiger partial charge in [-0.2, -0.15) is 18.3 Å². The average Bonchev–Trinajstić information content (AvgIpc) is 3.20. The Morgan fingerprint density at radius 3 is 2.38 bits per heavy atom. The molecule has 0 fully saturated rings. The Balaban J connectivity index is 1.78. The van der Waals surface area contributed by atoms with E-state index >= 15 is 0 Å². The Kier molecular flexibility index (Phi) is 5.26. The second-order valence-corrected chi connectivity index (χ2v) is 5.84. The normalized spacial score (nSPS) is 11.2. The van der Waals surface area contributed by atoms with Crippen LogP contribution in [-0.4, -0.2) is 33.9 Å². The van der Waals surface area contributed by atoms with E-state index in [0.717, 1.165) is 24.1 Å². The number of para-hydroxylation sites is 1. The van der Waals surface area contributed by atoms with Crippen molar-refractivity contribution in [3.63, 3.8) is 0 Å². The van der Waals surface area contributed by atoms with Crippen LogP contribution in [0.4, 0.5) is 18.9 Å². The molecule has 0 spiro atoms. The van der Waals surface area contributed by atoms with Gasteiger partial charge in [0.1, 0.15) is 5.56 Å². The van der Waals surface area contributed by atoms with Gasteiger partial charge in [0.2, 0.25) is 0 Å². The molecule has 3 rings (SSSR count). The molecule has 10 heteroatoms. The van der Waals surface area contributed by atoms with Crippen molar-refractivity contribution in [3.05, 3.63) is 71.5 Å². The maximum Gasteiger partial charge on any atom is 0.435 e. The second-order valence-electron chi connectivity index (χ2n) is 5.84. The van der Waals surface area contributed by atoms with E-state index in [1.54, 1.807) is 0 Å². The highest BCUT2D eigenvalue weighted by Gasteiger charge is 2.33. The van der Waals surface area contributed by atoms with Crippen LogP contribution in [0.5, 0.6) is 5.75 Å². The first-order valence-corrected chi connectivity index (χ1v) is 8.15. The molecule has 1 amide bonds. The molecule has 0 saturated heterocycles. The Morgan fingerprint density at radius 1 is 1.10 bits per heavy atom. The van der Waals surface area contributed by atoms with Crippen molar-refractivity contribution in [2.75, 3.05) is 12.4 Å². The molecule has 2 aromatic carbocycles. The summed E-state index contributed by atoms with van der Waals surface area (Å²) in [5.41, 5.74) is -0.628. The highest BCUT2D eigenvalue weighted by atomic mass is 19.4. The Bertz CT molecular complexity index is 1060. The van der Waals surface area contributed by atoms with Gasteiger partial charge < -0.3 is 15.2 Å². The molecule has 150 valence electrons. The van der Waals surface area contributed by atoms with E-state index in [0.29, 0.717) is 5.69 Å². The zero-order chi connectivity index (χ0) is 21.2. The molecule has 0 aliphatic rings. The maximum absolute atomic E-state index is 12.6. The lowest BCUT2D eigenvalue weighted by Crippen LogP contribution is -2.13. The first kappa shape index (κ1) is 19.9. The number of anilines is 1. The zero-order valence-corrected chi connectivity index (χ0v) is 14.9. The van der Waals surface area contributed by atoms with Crippen molar-refractivity contribution in [2.45, 2.75) is 6.18 Å². The van der Waals surface area contributed by atoms with Crippen LogP contribution in [0.15, 0.2) is 54.7 Å². The fourth-order valence-electron chi connectivity index (χ4n) is 2.50. The largest absolute Gasteiger partial charge is 0.505 e. The van der Waals surface area contributed by atoms with E-state index in [4.69, 9.17) is 0 Å². The fourth-order valence-corrected chi connectivity index (χ4v) is 2.50. The second kappa shape index (κ2) is 7.66. The SMILES string of the molecule is COC(=O)c1cccc(NC(=O)c2ccc(-n3ccc(C(F)(F)F)n3)cc2)c1O. The number of nitrogens with one attached hydrogen (secondary N) is 1. The van der Waals surface area contributed by atoms with Crippen LogP contribution in [0, 0.1) is 0 Å². The number of alkyl halides is 3. The molecular weight excluding hydrogens is 391 g/mol. The molecule has 0 atom stereocenters. The predicted octanol–water partition coefficient (Wildman–Crippen LogP) is 3.64. The molecule has 0 bridgehead atoms. The van der Waals surface area contributed by atoms with Crippen molar-refractivity contribution in [3.8, 4) is 11.4 Å². The lowest BCUT2D eigenvalue weighted by molar-refractivity contribution is -0.141. The number of hydrogen-bond donors (Lipinski definition) is 2. The number of carbonyl (C=O) groups is 2. The number of carbonyl (C=O) groups excluding carboxylic acids is 2. The monoisotopic (exact) mass is 405 g/mol. The molecule has 1 aromatic heterocycles. The number of phenols is 1. The van der Waals surface area contributed by atoms with E-state index < -0.39 is 29.5 Å². The molecule has 29 heavy (non-hydrogen) atoms. The third kappa shape index (κ3) is 4.21. The number of ether oxygens (including phenoxy) is 1. The summed E-state index contributed by atoms with van der Waals surface area (Å²) in [4.78, 5) is 24.0. The van der Waals surface area contributed by atoms with Crippen LogP contribution in [0.2, 0.25) is 0 Å². The quantitative estimate of drug-likeness (QED) is 0.511. The van der Waals surface area contributed by atoms with Crippen LogP contribution in [0.25, 0.3) is 5.69 Å². The van der Waals surface area contributed by atoms with E-state index in [-0.39, 0.29) is 16.8 Å². The van der Waals surface area contributed by atoms with E-state index in [2.05, 4.69) is 15.2 Å². The summed E-state index contributed by atoms with van der Waals surface area (Å²) < 4.78 is 43.5. The topological polar surface area (TPSA) is 93.5 Å². The molecule has 3 aromatic rings. The molecule has 1 heterocycles. The molecule has 0 saturated carbocycles. The van der Waals surface area contributed by atoms with Crippen molar-refractivity contribution in [1.82, 2.24) is 9.78 Å². The van der Waals surface area contributed by atoms with Gasteiger partial charge in [0.05, 0.1) is 18.5 Å². The molecule has 2 N–H and O–H groups in total. The van der Waals surface area contributed by atoms with Crippen LogP contribution in [-0.2, 0) is 10.9 Å². The van der Waals surface area contributed by atoms with E-state index in [1.807, 2.05) is 0 Å². The number of rotatable bonds is 4. The number of nitrogens with zero attached hydrogens (tertiary/aromatic N) is 2. The number of phenolic OH excluding ortho intramolecular Hbond substituents is 1. The van der Waals surface area contributed by atoms with Gasteiger partial charge in [-0.05, 0) is 42.5 Å². The standard InChI is InChI=1S/C19H14F3N3O4/c1-29-18(28)13-3-2-4-14(16(13)26)23-17(27)11-5-7-12(8-6-11)25-10-9-15(24-25)19(20,21)22/h2-10,26H,1H3,(H,23,27). The zero-order valence-electron chi connectivity index (χ0n) is 14.9. The number of amides is 1. The molecule has 7 nitrogen and oxygen atoms in total. The van der Waals surface area contributed by atoms with Gasteiger partial charge in [-0.1, -0.05) is 6.07 Å². The summed E-state index contributed by atoms with van der Waals surface area (Å²) in [6, 6.07) is 10.7. The molecule has 0 aliphatic heterocycles. The molecular formula is C19H14F3N3O4. The van der Waals surface area contributed by atoms with Crippen molar-refractivity contribution >= 4 is 17.6 Å². The van der Waals surface area contributed by atoms with Crippen molar-refractivity contribution in [2.24, 2.45) is 0 Å². The summed E-state index contributed by atoms with van der Waals surface area (Å²) in [6.45, 7) is 0. The number of methoxy groups -OCH3 is 1. The third-order valence-electron chi connectivity index (χ3n) is 3.96. The van der Waals surface area contributed by atoms with Crippen molar-refractivity contribution < 1.29 is 32.6 Å². The smallest absolute Gasteiger partial charge is 0.435 e. The van der Waals surface area contributed by atoms with Gasteiger partial charge in [-0.3, -0.25) is 4.79 Å². The summed E-state index contributed by atoms with van der Waals surface area (Å²) in [5, 5.41) is 16.0. The van der Waals surface area contributed by atoms with Crippen molar-refractivity contribution in [1.29, 1.82) is 0 Å². The summed E-state index contributed by atoms with van der Waals surface area (Å²) >= 11 is 0. The number of benzene rings is 2. The van der Waals surface area contributed by atoms with Crippen LogP contribution in [0.3, 0.4) is 0 Å². The third-order valence-corrected chi connectivity index (χ3v) is 3.96. The number of aromatic hydroxyl groups is 1. The first-order chi connectivity index (χ1) is 13.7. The summed E-state index contributed by atoms with van der Waals surface area (Å²) in [5.74, 6) is -1.80. The summed E-state index contributed by atoms with van der Waals surface area (Å²) in [7, 11) is 1.16. The van der Waals surface area contributed by atoms with Gasteiger partial charge in [0, 0.05) is 11.8 Å². The van der Waals surface area contributed by atoms with Crippen LogP contribution >= 0.6 is 0 Å². The van der Waals surface area contributed by atoms with E-state index in [1.165, 1.54) is 42.5 Å². The lowest BCUT2D eigenvalue weighted by Gasteiger charge is -2.10. The first-order valence-electron chi connectivity index (χ1n) is 8.15. The Morgan fingerprint density at radius 2 is 1.79 bits per heavy atom. The van der Waals surface area contributed by atoms with Gasteiger partial charge in [-0.25, -0.2) is 9.48 Å². The Hall–Kier alpha value is -3.82. The average molecular weight is 405 g/mol. The number of esters is 1. The highest BCUT2D eigenvalue weighted by molar-refractivity contribution is 6.06. The van der Waals surface area contributed by atoms with Gasteiger partial charge in [0.15, 0.2) is 11.4 Å². The molecule has 0 aliphatic carbocycles. The predicted molar refractivity (Wildman–Crippen MR) is 96.0 cm³/mol. The number of hydrogen-bond acceptors (Lipinski definition) is 5. The van der Waals surface area contributed by atoms with Gasteiger partial charge in [-0.15, -0.1) is 0 Å². The molecule has 0 unspecified atom stereocenters. The Labute approximate surface area is 162 Å². The van der Waals surface area contributed by atoms with Gasteiger partial charge >= 0.3 is 12.1 Å². The highest BCUT2D eigenvalue weighted by Crippen LogP contribution is 2.29. The fraction of sp³-hybridized carbons (Fsp3) is 0.105. The molecule has 0 radical (unpaired) electrons. The van der Waals surface area contributed by atoms with Crippen LogP contribution in [0.1, 0.15) is 26.4 Å². The van der Waals surface area contributed by atoms with E-state index in [9.17, 15) is 27.9 Å². The minimum Gasteiger partial charge on any atom is -0.505 e.